The maximum absolute atomic E-state index is 14.5. The van der Waals surface area contributed by atoms with Crippen LogP contribution in [-0.4, -0.2) is 68.7 Å². The van der Waals surface area contributed by atoms with E-state index in [1.165, 1.54) is 31.7 Å². The SMILES string of the molecule is CCCC(CN(C)CC)NC(=O)C12CC1c1cc(OC)ccc1-c1c(C3CCCCC3)c3ccc(C(=O)NS(=O)(=O)CC)cc3n1C2. The van der Waals surface area contributed by atoms with E-state index in [1.807, 2.05) is 18.2 Å². The Balaban J connectivity index is 1.53. The van der Waals surface area contributed by atoms with Crippen molar-refractivity contribution in [2.24, 2.45) is 5.41 Å². The van der Waals surface area contributed by atoms with Gasteiger partial charge in [0.2, 0.25) is 15.9 Å². The first kappa shape index (κ1) is 33.5. The number of nitrogens with zero attached hydrogens (tertiary/aromatic N) is 2. The van der Waals surface area contributed by atoms with E-state index in [4.69, 9.17) is 4.74 Å². The van der Waals surface area contributed by atoms with Crippen molar-refractivity contribution in [2.75, 3.05) is 33.0 Å². The van der Waals surface area contributed by atoms with Crippen LogP contribution in [0, 0.1) is 5.41 Å². The largest absolute Gasteiger partial charge is 0.497 e. The Hall–Kier alpha value is -3.37. The third-order valence-corrected chi connectivity index (χ3v) is 12.2. The van der Waals surface area contributed by atoms with Crippen molar-refractivity contribution in [2.45, 2.75) is 96.6 Å². The molecule has 1 aromatic heterocycles. The summed E-state index contributed by atoms with van der Waals surface area (Å²) in [6, 6.07) is 11.9. The van der Waals surface area contributed by atoms with Crippen molar-refractivity contribution in [3.63, 3.8) is 0 Å². The molecular formula is C37H50N4O5S. The number of nitrogens with one attached hydrogen (secondary N) is 2. The van der Waals surface area contributed by atoms with E-state index in [1.54, 1.807) is 13.2 Å². The number of aromatic nitrogens is 1. The van der Waals surface area contributed by atoms with E-state index < -0.39 is 21.3 Å². The van der Waals surface area contributed by atoms with Crippen molar-refractivity contribution in [1.82, 2.24) is 19.5 Å². The number of likely N-dealkylation sites (N-methyl/N-ethyl adjacent to an activating group) is 1. The van der Waals surface area contributed by atoms with Crippen molar-refractivity contribution in [3.05, 3.63) is 53.1 Å². The number of methoxy groups -OCH3 is 1. The van der Waals surface area contributed by atoms with E-state index in [0.29, 0.717) is 18.0 Å². The minimum Gasteiger partial charge on any atom is -0.497 e. The molecule has 2 heterocycles. The average molecular weight is 663 g/mol. The Kier molecular flexibility index (Phi) is 9.46. The third-order valence-electron chi connectivity index (χ3n) is 10.9. The van der Waals surface area contributed by atoms with Gasteiger partial charge >= 0.3 is 0 Å². The molecular weight excluding hydrogens is 612 g/mol. The van der Waals surface area contributed by atoms with Crippen LogP contribution in [0.4, 0.5) is 0 Å². The van der Waals surface area contributed by atoms with Gasteiger partial charge in [0, 0.05) is 47.1 Å². The van der Waals surface area contributed by atoms with Gasteiger partial charge in [-0.05, 0) is 93.6 Å². The summed E-state index contributed by atoms with van der Waals surface area (Å²) in [5.41, 5.74) is 5.18. The molecule has 3 unspecified atom stereocenters. The smallest absolute Gasteiger partial charge is 0.264 e. The average Bonchev–Trinajstić information content (AvgIpc) is 3.75. The molecule has 3 aliphatic rings. The number of carbonyl (C=O) groups excluding carboxylic acids is 2. The Labute approximate surface area is 279 Å². The molecule has 0 spiro atoms. The molecule has 2 aliphatic carbocycles. The van der Waals surface area contributed by atoms with Crippen LogP contribution in [0.15, 0.2) is 36.4 Å². The van der Waals surface area contributed by atoms with E-state index in [2.05, 4.69) is 52.5 Å². The number of amides is 2. The lowest BCUT2D eigenvalue weighted by Crippen LogP contribution is -2.46. The summed E-state index contributed by atoms with van der Waals surface area (Å²) in [6.07, 6.45) is 8.36. The number of benzene rings is 2. The molecule has 2 fully saturated rings. The number of fused-ring (bicyclic) bond motifs is 7. The highest BCUT2D eigenvalue weighted by Gasteiger charge is 2.63. The summed E-state index contributed by atoms with van der Waals surface area (Å²) in [7, 11) is 0.0434. The predicted molar refractivity (Wildman–Crippen MR) is 186 cm³/mol. The summed E-state index contributed by atoms with van der Waals surface area (Å²) in [6.45, 7) is 7.99. The van der Waals surface area contributed by atoms with Gasteiger partial charge in [-0.3, -0.25) is 9.59 Å². The van der Waals surface area contributed by atoms with E-state index in [-0.39, 0.29) is 23.6 Å². The lowest BCUT2D eigenvalue weighted by Gasteiger charge is -2.27. The lowest BCUT2D eigenvalue weighted by atomic mass is 9.81. The predicted octanol–water partition coefficient (Wildman–Crippen LogP) is 6.17. The molecule has 0 saturated heterocycles. The zero-order valence-corrected chi connectivity index (χ0v) is 29.3. The van der Waals surface area contributed by atoms with Gasteiger partial charge in [-0.1, -0.05) is 45.6 Å². The van der Waals surface area contributed by atoms with Crippen LogP contribution < -0.4 is 14.8 Å². The zero-order valence-electron chi connectivity index (χ0n) is 28.5. The Morgan fingerprint density at radius 1 is 1.09 bits per heavy atom. The third kappa shape index (κ3) is 6.31. The molecule has 0 radical (unpaired) electrons. The van der Waals surface area contributed by atoms with E-state index in [9.17, 15) is 18.0 Å². The Morgan fingerprint density at radius 3 is 2.53 bits per heavy atom. The Bertz CT molecular complexity index is 1780. The summed E-state index contributed by atoms with van der Waals surface area (Å²) in [4.78, 5) is 30.0. The van der Waals surface area contributed by atoms with Crippen LogP contribution in [0.5, 0.6) is 5.75 Å². The number of carbonyl (C=O) groups is 2. The van der Waals surface area contributed by atoms with Gasteiger partial charge in [-0.25, -0.2) is 13.1 Å². The van der Waals surface area contributed by atoms with Crippen molar-refractivity contribution in [3.8, 4) is 17.0 Å². The summed E-state index contributed by atoms with van der Waals surface area (Å²) in [5, 5.41) is 4.55. The fraction of sp³-hybridized carbons (Fsp3) is 0.568. The number of hydrogen-bond donors (Lipinski definition) is 2. The van der Waals surface area contributed by atoms with Crippen LogP contribution in [0.25, 0.3) is 22.2 Å². The number of sulfonamides is 1. The second kappa shape index (κ2) is 13.3. The molecule has 47 heavy (non-hydrogen) atoms. The minimum atomic E-state index is -3.73. The van der Waals surface area contributed by atoms with Crippen LogP contribution >= 0.6 is 0 Å². The first-order valence-corrected chi connectivity index (χ1v) is 19.1. The van der Waals surface area contributed by atoms with Gasteiger partial charge in [0.1, 0.15) is 5.75 Å². The molecule has 3 atom stereocenters. The topological polar surface area (TPSA) is 110 Å². The first-order chi connectivity index (χ1) is 22.6. The molecule has 2 N–H and O–H groups in total. The molecule has 6 rings (SSSR count). The van der Waals surface area contributed by atoms with E-state index in [0.717, 1.165) is 78.7 Å². The molecule has 1 aliphatic heterocycles. The highest BCUT2D eigenvalue weighted by Crippen LogP contribution is 2.65. The highest BCUT2D eigenvalue weighted by atomic mass is 32.2. The highest BCUT2D eigenvalue weighted by molar-refractivity contribution is 7.90. The van der Waals surface area contributed by atoms with Gasteiger partial charge in [-0.2, -0.15) is 0 Å². The monoisotopic (exact) mass is 662 g/mol. The van der Waals surface area contributed by atoms with Crippen molar-refractivity contribution < 1.29 is 22.7 Å². The van der Waals surface area contributed by atoms with Crippen molar-refractivity contribution in [1.29, 1.82) is 0 Å². The van der Waals surface area contributed by atoms with Crippen molar-refractivity contribution >= 4 is 32.7 Å². The molecule has 2 aromatic carbocycles. The molecule has 9 nitrogen and oxygen atoms in total. The normalized spacial score (nSPS) is 21.4. The van der Waals surface area contributed by atoms with Crippen LogP contribution in [0.3, 0.4) is 0 Å². The number of hydrogen-bond acceptors (Lipinski definition) is 6. The van der Waals surface area contributed by atoms with E-state index >= 15 is 0 Å². The van der Waals surface area contributed by atoms with Gasteiger partial charge in [0.25, 0.3) is 5.91 Å². The fourth-order valence-corrected chi connectivity index (χ4v) is 8.65. The molecule has 254 valence electrons. The molecule has 2 amide bonds. The minimum absolute atomic E-state index is 0.0362. The van der Waals surface area contributed by atoms with Crippen LogP contribution in [-0.2, 0) is 21.4 Å². The maximum Gasteiger partial charge on any atom is 0.264 e. The van der Waals surface area contributed by atoms with Crippen LogP contribution in [0.1, 0.15) is 105 Å². The molecule has 3 aromatic rings. The summed E-state index contributed by atoms with van der Waals surface area (Å²) >= 11 is 0. The quantitative estimate of drug-likeness (QED) is 0.240. The number of ether oxygens (including phenoxy) is 1. The van der Waals surface area contributed by atoms with Gasteiger partial charge < -0.3 is 19.5 Å². The summed E-state index contributed by atoms with van der Waals surface area (Å²) < 4.78 is 34.8. The lowest BCUT2D eigenvalue weighted by molar-refractivity contribution is -0.127. The van der Waals surface area contributed by atoms with Crippen LogP contribution in [0.2, 0.25) is 0 Å². The first-order valence-electron chi connectivity index (χ1n) is 17.4. The molecule has 2 saturated carbocycles. The summed E-state index contributed by atoms with van der Waals surface area (Å²) in [5.74, 6) is 0.430. The molecule has 0 bridgehead atoms. The van der Waals surface area contributed by atoms with Gasteiger partial charge in [-0.15, -0.1) is 0 Å². The second-order valence-corrected chi connectivity index (χ2v) is 15.9. The Morgan fingerprint density at radius 2 is 1.85 bits per heavy atom. The van der Waals surface area contributed by atoms with Gasteiger partial charge in [0.05, 0.1) is 24.0 Å². The van der Waals surface area contributed by atoms with Gasteiger partial charge in [0.15, 0.2) is 0 Å². The standard InChI is InChI=1S/C37H50N4O5S/c1-6-12-26(22-40(4)7-2)38-36(43)37-21-31(37)30-20-27(46-5)16-18-28(30)34-33(24-13-10-9-11-14-24)29-17-15-25(19-32(29)41(34)23-37)35(42)39-47(44,45)8-3/h15-20,24,26,31H,6-14,21-23H2,1-5H3,(H,38,43)(H,39,42). The second-order valence-electron chi connectivity index (χ2n) is 13.9. The maximum atomic E-state index is 14.5. The molecule has 10 heteroatoms. The fourth-order valence-electron chi connectivity index (χ4n) is 8.11. The number of rotatable bonds is 12. The zero-order chi connectivity index (χ0) is 33.5.